The van der Waals surface area contributed by atoms with E-state index in [1.54, 1.807) is 19.2 Å². The third kappa shape index (κ3) is 8.26. The molecule has 0 radical (unpaired) electrons. The zero-order valence-electron chi connectivity index (χ0n) is 12.6. The van der Waals surface area contributed by atoms with Crippen LogP contribution in [0.4, 0.5) is 0 Å². The van der Waals surface area contributed by atoms with Crippen LogP contribution in [0, 0.1) is 0 Å². The Morgan fingerprint density at radius 2 is 2.00 bits per heavy atom. The number of nitrogens with one attached hydrogen (secondary N) is 1. The molecule has 1 aromatic rings. The average molecular weight is 346 g/mol. The second-order valence-electron chi connectivity index (χ2n) is 4.64. The van der Waals surface area contributed by atoms with Gasteiger partial charge in [-0.2, -0.15) is 0 Å². The predicted molar refractivity (Wildman–Crippen MR) is 87.2 cm³/mol. The van der Waals surface area contributed by atoms with Gasteiger partial charge in [0.05, 0.1) is 13.0 Å². The van der Waals surface area contributed by atoms with Gasteiger partial charge < -0.3 is 14.8 Å². The largest absolute Gasteiger partial charge is 0.456 e. The highest BCUT2D eigenvalue weighted by Crippen LogP contribution is 2.20. The topological polar surface area (TPSA) is 64.6 Å². The SMILES string of the molecule is COC[C@@H](C)NC(=O)COC(=O)CCSc1ccc(Cl)cc1. The van der Waals surface area contributed by atoms with Gasteiger partial charge in [-0.25, -0.2) is 0 Å². The first kappa shape index (κ1) is 18.8. The third-order valence-corrected chi connectivity index (χ3v) is 3.84. The summed E-state index contributed by atoms with van der Waals surface area (Å²) in [7, 11) is 1.56. The lowest BCUT2D eigenvalue weighted by Crippen LogP contribution is -2.38. The fourth-order valence-corrected chi connectivity index (χ4v) is 2.57. The lowest BCUT2D eigenvalue weighted by molar-refractivity contribution is -0.148. The average Bonchev–Trinajstić information content (AvgIpc) is 2.47. The normalized spacial score (nSPS) is 11.8. The number of ether oxygens (including phenoxy) is 2. The number of halogens is 1. The summed E-state index contributed by atoms with van der Waals surface area (Å²) in [5.41, 5.74) is 0. The number of carbonyl (C=O) groups excluding carboxylic acids is 2. The van der Waals surface area contributed by atoms with E-state index in [1.807, 2.05) is 19.1 Å². The number of thioether (sulfide) groups is 1. The summed E-state index contributed by atoms with van der Waals surface area (Å²) in [6, 6.07) is 7.27. The molecule has 1 atom stereocenters. The lowest BCUT2D eigenvalue weighted by Gasteiger charge is -2.12. The minimum atomic E-state index is -0.393. The van der Waals surface area contributed by atoms with Gasteiger partial charge in [0, 0.05) is 28.8 Å². The van der Waals surface area contributed by atoms with Gasteiger partial charge in [0.2, 0.25) is 0 Å². The second kappa shape index (κ2) is 10.5. The zero-order valence-corrected chi connectivity index (χ0v) is 14.2. The maximum atomic E-state index is 11.5. The van der Waals surface area contributed by atoms with E-state index in [0.717, 1.165) is 4.90 Å². The van der Waals surface area contributed by atoms with Gasteiger partial charge in [-0.05, 0) is 31.2 Å². The molecule has 0 bridgehead atoms. The quantitative estimate of drug-likeness (QED) is 0.550. The van der Waals surface area contributed by atoms with Crippen LogP contribution in [0.1, 0.15) is 13.3 Å². The number of carbonyl (C=O) groups is 2. The monoisotopic (exact) mass is 345 g/mol. The van der Waals surface area contributed by atoms with Gasteiger partial charge in [-0.3, -0.25) is 9.59 Å². The van der Waals surface area contributed by atoms with E-state index in [-0.39, 0.29) is 25.0 Å². The summed E-state index contributed by atoms with van der Waals surface area (Å²) >= 11 is 7.33. The van der Waals surface area contributed by atoms with Crippen molar-refractivity contribution in [3.63, 3.8) is 0 Å². The highest BCUT2D eigenvalue weighted by Gasteiger charge is 2.10. The number of esters is 1. The molecule has 122 valence electrons. The van der Waals surface area contributed by atoms with E-state index in [0.29, 0.717) is 17.4 Å². The highest BCUT2D eigenvalue weighted by molar-refractivity contribution is 7.99. The Kier molecular flexibility index (Phi) is 8.96. The number of hydrogen-bond donors (Lipinski definition) is 1. The van der Waals surface area contributed by atoms with Gasteiger partial charge >= 0.3 is 5.97 Å². The molecular weight excluding hydrogens is 326 g/mol. The Morgan fingerprint density at radius 3 is 2.64 bits per heavy atom. The van der Waals surface area contributed by atoms with E-state index in [4.69, 9.17) is 21.1 Å². The molecular formula is C15H20ClNO4S. The molecule has 0 fully saturated rings. The Hall–Kier alpha value is -1.24. The van der Waals surface area contributed by atoms with Gasteiger partial charge in [0.1, 0.15) is 0 Å². The van der Waals surface area contributed by atoms with E-state index in [9.17, 15) is 9.59 Å². The zero-order chi connectivity index (χ0) is 16.4. The first-order chi connectivity index (χ1) is 10.5. The van der Waals surface area contributed by atoms with Crippen molar-refractivity contribution in [2.24, 2.45) is 0 Å². The van der Waals surface area contributed by atoms with Crippen LogP contribution in [-0.2, 0) is 19.1 Å². The van der Waals surface area contributed by atoms with Crippen LogP contribution in [-0.4, -0.2) is 44.0 Å². The summed E-state index contributed by atoms with van der Waals surface area (Å²) in [5.74, 6) is -0.137. The Labute approximate surface area is 139 Å². The van der Waals surface area contributed by atoms with Crippen LogP contribution in [0.25, 0.3) is 0 Å². The molecule has 0 heterocycles. The molecule has 0 unspecified atom stereocenters. The summed E-state index contributed by atoms with van der Waals surface area (Å²) in [4.78, 5) is 24.1. The summed E-state index contributed by atoms with van der Waals surface area (Å²) in [5, 5.41) is 3.34. The van der Waals surface area contributed by atoms with Gasteiger partial charge in [0.15, 0.2) is 6.61 Å². The molecule has 0 saturated carbocycles. The third-order valence-electron chi connectivity index (χ3n) is 2.58. The maximum Gasteiger partial charge on any atom is 0.307 e. The van der Waals surface area contributed by atoms with Crippen LogP contribution in [0.5, 0.6) is 0 Å². The molecule has 5 nitrogen and oxygen atoms in total. The van der Waals surface area contributed by atoms with Crippen LogP contribution in [0.3, 0.4) is 0 Å². The number of methoxy groups -OCH3 is 1. The van der Waals surface area contributed by atoms with E-state index >= 15 is 0 Å². The van der Waals surface area contributed by atoms with Crippen LogP contribution < -0.4 is 5.32 Å². The van der Waals surface area contributed by atoms with Crippen LogP contribution in [0.2, 0.25) is 5.02 Å². The van der Waals surface area contributed by atoms with Crippen molar-refractivity contribution >= 4 is 35.2 Å². The maximum absolute atomic E-state index is 11.5. The first-order valence-electron chi connectivity index (χ1n) is 6.83. The molecule has 1 amide bonds. The van der Waals surface area contributed by atoms with E-state index in [2.05, 4.69) is 5.32 Å². The van der Waals surface area contributed by atoms with Crippen molar-refractivity contribution in [3.05, 3.63) is 29.3 Å². The molecule has 22 heavy (non-hydrogen) atoms. The Balaban J connectivity index is 2.15. The molecule has 0 spiro atoms. The van der Waals surface area contributed by atoms with Crippen molar-refractivity contribution in [1.29, 1.82) is 0 Å². The molecule has 0 aromatic heterocycles. The van der Waals surface area contributed by atoms with Crippen LogP contribution in [0.15, 0.2) is 29.2 Å². The second-order valence-corrected chi connectivity index (χ2v) is 6.24. The fourth-order valence-electron chi connectivity index (χ4n) is 1.61. The van der Waals surface area contributed by atoms with Gasteiger partial charge in [0.25, 0.3) is 5.91 Å². The van der Waals surface area contributed by atoms with E-state index < -0.39 is 5.97 Å². The first-order valence-corrected chi connectivity index (χ1v) is 8.20. The van der Waals surface area contributed by atoms with Crippen molar-refractivity contribution in [1.82, 2.24) is 5.32 Å². The number of rotatable bonds is 9. The highest BCUT2D eigenvalue weighted by atomic mass is 35.5. The van der Waals surface area contributed by atoms with Gasteiger partial charge in [-0.1, -0.05) is 11.6 Å². The van der Waals surface area contributed by atoms with Crippen molar-refractivity contribution in [2.75, 3.05) is 26.1 Å². The number of benzene rings is 1. The standard InChI is InChI=1S/C15H20ClNO4S/c1-11(9-20-2)17-14(18)10-21-15(19)7-8-22-13-5-3-12(16)4-6-13/h3-6,11H,7-10H2,1-2H3,(H,17,18)/t11-/m1/s1. The van der Waals surface area contributed by atoms with Crippen molar-refractivity contribution in [3.8, 4) is 0 Å². The minimum Gasteiger partial charge on any atom is -0.456 e. The molecule has 1 aromatic carbocycles. The lowest BCUT2D eigenvalue weighted by atomic mass is 10.3. The molecule has 0 aliphatic rings. The summed E-state index contributed by atoms with van der Waals surface area (Å²) < 4.78 is 9.81. The Bertz CT molecular complexity index is 481. The number of amides is 1. The molecule has 0 saturated heterocycles. The molecule has 1 N–H and O–H groups in total. The molecule has 0 aliphatic heterocycles. The summed E-state index contributed by atoms with van der Waals surface area (Å²) in [6.07, 6.45) is 0.244. The van der Waals surface area contributed by atoms with E-state index in [1.165, 1.54) is 11.8 Å². The van der Waals surface area contributed by atoms with Crippen molar-refractivity contribution < 1.29 is 19.1 Å². The number of hydrogen-bond acceptors (Lipinski definition) is 5. The minimum absolute atomic E-state index is 0.114. The van der Waals surface area contributed by atoms with Crippen molar-refractivity contribution in [2.45, 2.75) is 24.3 Å². The summed E-state index contributed by atoms with van der Waals surface area (Å²) in [6.45, 7) is 1.96. The van der Waals surface area contributed by atoms with Gasteiger partial charge in [-0.15, -0.1) is 11.8 Å². The fraction of sp³-hybridized carbons (Fsp3) is 0.467. The van der Waals surface area contributed by atoms with Crippen LogP contribution >= 0.6 is 23.4 Å². The molecule has 1 rings (SSSR count). The predicted octanol–water partition coefficient (Wildman–Crippen LogP) is 2.52. The molecule has 7 heteroatoms. The smallest absolute Gasteiger partial charge is 0.307 e. The molecule has 0 aliphatic carbocycles. The Morgan fingerprint density at radius 1 is 1.32 bits per heavy atom.